The molecule has 1 aliphatic heterocycles. The van der Waals surface area contributed by atoms with Crippen molar-refractivity contribution in [2.45, 2.75) is 33.6 Å². The largest absolute Gasteiger partial charge is 0.496 e. The fourth-order valence-corrected chi connectivity index (χ4v) is 2.93. The Morgan fingerprint density at radius 3 is 2.35 bits per heavy atom. The first-order valence-electron chi connectivity index (χ1n) is 8.44. The second kappa shape index (κ2) is 8.09. The Hall–Kier alpha value is -1.91. The van der Waals surface area contributed by atoms with E-state index in [4.69, 9.17) is 9.47 Å². The van der Waals surface area contributed by atoms with Gasteiger partial charge < -0.3 is 19.3 Å². The Kier molecular flexibility index (Phi) is 6.13. The van der Waals surface area contributed by atoms with Gasteiger partial charge in [-0.1, -0.05) is 6.92 Å². The number of rotatable bonds is 6. The number of carbonyl (C=O) groups is 1. The van der Waals surface area contributed by atoms with Crippen molar-refractivity contribution in [3.05, 3.63) is 17.7 Å². The molecule has 1 aromatic rings. The van der Waals surface area contributed by atoms with Crippen LogP contribution in [0.5, 0.6) is 11.5 Å². The molecule has 0 saturated carbocycles. The predicted molar refractivity (Wildman–Crippen MR) is 92.6 cm³/mol. The molecule has 1 aromatic carbocycles. The lowest BCUT2D eigenvalue weighted by Crippen LogP contribution is -2.48. The van der Waals surface area contributed by atoms with Crippen molar-refractivity contribution >= 4 is 11.6 Å². The van der Waals surface area contributed by atoms with Crippen molar-refractivity contribution < 1.29 is 14.3 Å². The molecule has 0 radical (unpaired) electrons. The standard InChI is InChI=1S/C18H28N2O3/c1-5-7-18(21)20-10-8-19(9-11-20)15-12-16(22-4)14(3)17(13-15)23-6-2/h12-13H,5-11H2,1-4H3. The Morgan fingerprint density at radius 2 is 1.78 bits per heavy atom. The minimum Gasteiger partial charge on any atom is -0.496 e. The molecule has 0 atom stereocenters. The maximum atomic E-state index is 12.0. The minimum atomic E-state index is 0.267. The molecule has 128 valence electrons. The summed E-state index contributed by atoms with van der Waals surface area (Å²) in [5, 5.41) is 0. The summed E-state index contributed by atoms with van der Waals surface area (Å²) in [5.74, 6) is 1.98. The van der Waals surface area contributed by atoms with Crippen LogP contribution >= 0.6 is 0 Å². The highest BCUT2D eigenvalue weighted by Crippen LogP contribution is 2.34. The average Bonchev–Trinajstić information content (AvgIpc) is 2.57. The van der Waals surface area contributed by atoms with Crippen LogP contribution in [0.1, 0.15) is 32.3 Å². The summed E-state index contributed by atoms with van der Waals surface area (Å²) < 4.78 is 11.2. The van der Waals surface area contributed by atoms with E-state index in [2.05, 4.69) is 17.0 Å². The van der Waals surface area contributed by atoms with E-state index in [-0.39, 0.29) is 5.91 Å². The molecule has 1 heterocycles. The molecule has 0 N–H and O–H groups in total. The fraction of sp³-hybridized carbons (Fsp3) is 0.611. The molecule has 0 unspecified atom stereocenters. The highest BCUT2D eigenvalue weighted by atomic mass is 16.5. The lowest BCUT2D eigenvalue weighted by Gasteiger charge is -2.36. The SMILES string of the molecule is CCCC(=O)N1CCN(c2cc(OC)c(C)c(OCC)c2)CC1. The monoisotopic (exact) mass is 320 g/mol. The normalized spacial score (nSPS) is 14.8. The lowest BCUT2D eigenvalue weighted by atomic mass is 10.1. The number of ether oxygens (including phenoxy) is 2. The van der Waals surface area contributed by atoms with Gasteiger partial charge in [0.05, 0.1) is 13.7 Å². The van der Waals surface area contributed by atoms with Gasteiger partial charge in [0.15, 0.2) is 0 Å². The van der Waals surface area contributed by atoms with Crippen molar-refractivity contribution in [3.8, 4) is 11.5 Å². The quantitative estimate of drug-likeness (QED) is 0.808. The Balaban J connectivity index is 2.11. The molecule has 1 fully saturated rings. The van der Waals surface area contributed by atoms with E-state index in [9.17, 15) is 4.79 Å². The van der Waals surface area contributed by atoms with Crippen molar-refractivity contribution in [3.63, 3.8) is 0 Å². The molecule has 23 heavy (non-hydrogen) atoms. The van der Waals surface area contributed by atoms with Gasteiger partial charge in [0.1, 0.15) is 11.5 Å². The fourth-order valence-electron chi connectivity index (χ4n) is 2.93. The maximum absolute atomic E-state index is 12.0. The third kappa shape index (κ3) is 4.09. The molecule has 0 spiro atoms. The summed E-state index contributed by atoms with van der Waals surface area (Å²) in [6.45, 7) is 9.90. The molecule has 0 aromatic heterocycles. The van der Waals surface area contributed by atoms with Crippen LogP contribution in [0.25, 0.3) is 0 Å². The highest BCUT2D eigenvalue weighted by molar-refractivity contribution is 5.76. The summed E-state index contributed by atoms with van der Waals surface area (Å²) in [5.41, 5.74) is 2.12. The number of anilines is 1. The number of nitrogens with zero attached hydrogens (tertiary/aromatic N) is 2. The maximum Gasteiger partial charge on any atom is 0.222 e. The summed E-state index contributed by atoms with van der Waals surface area (Å²) in [4.78, 5) is 16.3. The number of hydrogen-bond acceptors (Lipinski definition) is 4. The Bertz CT molecular complexity index is 537. The summed E-state index contributed by atoms with van der Waals surface area (Å²) in [6, 6.07) is 4.13. The van der Waals surface area contributed by atoms with Crippen molar-refractivity contribution in [2.75, 3.05) is 44.8 Å². The van der Waals surface area contributed by atoms with Gasteiger partial charge in [0.25, 0.3) is 0 Å². The summed E-state index contributed by atoms with van der Waals surface area (Å²) >= 11 is 0. The van der Waals surface area contributed by atoms with Gasteiger partial charge in [-0.15, -0.1) is 0 Å². The van der Waals surface area contributed by atoms with E-state index in [1.165, 1.54) is 0 Å². The van der Waals surface area contributed by atoms with Crippen molar-refractivity contribution in [1.82, 2.24) is 4.90 Å². The molecule has 2 rings (SSSR count). The van der Waals surface area contributed by atoms with Crippen LogP contribution in [0.2, 0.25) is 0 Å². The van der Waals surface area contributed by atoms with Crippen LogP contribution < -0.4 is 14.4 Å². The van der Waals surface area contributed by atoms with Crippen LogP contribution in [0.15, 0.2) is 12.1 Å². The minimum absolute atomic E-state index is 0.267. The molecule has 1 aliphatic rings. The van der Waals surface area contributed by atoms with Gasteiger partial charge in [-0.3, -0.25) is 4.79 Å². The molecule has 1 amide bonds. The first-order valence-corrected chi connectivity index (χ1v) is 8.44. The zero-order valence-electron chi connectivity index (χ0n) is 14.7. The third-order valence-electron chi connectivity index (χ3n) is 4.28. The molecular weight excluding hydrogens is 292 g/mol. The highest BCUT2D eigenvalue weighted by Gasteiger charge is 2.22. The van der Waals surface area contributed by atoms with Gasteiger partial charge >= 0.3 is 0 Å². The van der Waals surface area contributed by atoms with E-state index in [0.29, 0.717) is 13.0 Å². The Labute approximate surface area is 139 Å². The molecule has 5 nitrogen and oxygen atoms in total. The van der Waals surface area contributed by atoms with Crippen LogP contribution in [0.3, 0.4) is 0 Å². The summed E-state index contributed by atoms with van der Waals surface area (Å²) in [7, 11) is 1.68. The lowest BCUT2D eigenvalue weighted by molar-refractivity contribution is -0.131. The second-order valence-electron chi connectivity index (χ2n) is 5.82. The zero-order valence-corrected chi connectivity index (χ0v) is 14.7. The van der Waals surface area contributed by atoms with Crippen LogP contribution in [-0.2, 0) is 4.79 Å². The number of piperazine rings is 1. The molecule has 5 heteroatoms. The van der Waals surface area contributed by atoms with Gasteiger partial charge in [0, 0.05) is 56.0 Å². The van der Waals surface area contributed by atoms with E-state index in [1.807, 2.05) is 25.7 Å². The first kappa shape index (κ1) is 17.4. The number of carbonyl (C=O) groups excluding carboxylic acids is 1. The van der Waals surface area contributed by atoms with E-state index in [0.717, 1.165) is 55.3 Å². The Morgan fingerprint density at radius 1 is 1.13 bits per heavy atom. The van der Waals surface area contributed by atoms with Gasteiger partial charge in [-0.2, -0.15) is 0 Å². The smallest absolute Gasteiger partial charge is 0.222 e. The number of amides is 1. The molecule has 0 bridgehead atoms. The van der Waals surface area contributed by atoms with E-state index in [1.54, 1.807) is 7.11 Å². The van der Waals surface area contributed by atoms with Crippen LogP contribution in [-0.4, -0.2) is 50.7 Å². The predicted octanol–water partition coefficient (Wildman–Crippen LogP) is 2.85. The van der Waals surface area contributed by atoms with Gasteiger partial charge in [-0.25, -0.2) is 0 Å². The third-order valence-corrected chi connectivity index (χ3v) is 4.28. The van der Waals surface area contributed by atoms with Crippen molar-refractivity contribution in [2.24, 2.45) is 0 Å². The topological polar surface area (TPSA) is 42.0 Å². The van der Waals surface area contributed by atoms with E-state index >= 15 is 0 Å². The van der Waals surface area contributed by atoms with E-state index < -0.39 is 0 Å². The van der Waals surface area contributed by atoms with Gasteiger partial charge in [-0.05, 0) is 20.3 Å². The first-order chi connectivity index (χ1) is 11.1. The zero-order chi connectivity index (χ0) is 16.8. The van der Waals surface area contributed by atoms with Crippen LogP contribution in [0.4, 0.5) is 5.69 Å². The molecular formula is C18H28N2O3. The average molecular weight is 320 g/mol. The molecule has 1 saturated heterocycles. The van der Waals surface area contributed by atoms with Crippen molar-refractivity contribution in [1.29, 1.82) is 0 Å². The number of benzene rings is 1. The number of methoxy groups -OCH3 is 1. The number of hydrogen-bond donors (Lipinski definition) is 0. The van der Waals surface area contributed by atoms with Gasteiger partial charge in [0.2, 0.25) is 5.91 Å². The molecule has 0 aliphatic carbocycles. The second-order valence-corrected chi connectivity index (χ2v) is 5.82. The van der Waals surface area contributed by atoms with Crippen LogP contribution in [0, 0.1) is 6.92 Å². The summed E-state index contributed by atoms with van der Waals surface area (Å²) in [6.07, 6.45) is 1.55.